The molecule has 2 heterocycles. The van der Waals surface area contributed by atoms with E-state index in [4.69, 9.17) is 26.5 Å². The molecule has 0 saturated heterocycles. The molecule has 0 spiro atoms. The number of hydrogen-bond donors (Lipinski definition) is 0. The Bertz CT molecular complexity index is 2250. The van der Waals surface area contributed by atoms with Gasteiger partial charge in [0.1, 0.15) is 34.0 Å². The summed E-state index contributed by atoms with van der Waals surface area (Å²) >= 11 is 0. The van der Waals surface area contributed by atoms with Gasteiger partial charge in [0.2, 0.25) is 0 Å². The molecule has 1 unspecified atom stereocenters. The molecule has 5 aromatic carbocycles. The Hall–Kier alpha value is -4.70. The van der Waals surface area contributed by atoms with Crippen LogP contribution in [-0.2, 0) is 4.52 Å². The predicted octanol–water partition coefficient (Wildman–Crippen LogP) is 12.1. The highest BCUT2D eigenvalue weighted by Gasteiger charge is 2.33. The topological polar surface area (TPSA) is 80.3 Å². The monoisotopic (exact) mass is 678 g/mol. The van der Waals surface area contributed by atoms with Gasteiger partial charge < -0.3 is 26.5 Å². The number of carbonyl (C=O) groups excluding carboxylic acids is 1. The molecule has 1 aliphatic rings. The molecule has 7 nitrogen and oxygen atoms in total. The molecule has 1 aliphatic heterocycles. The number of carbonyl (C=O) groups is 1. The average Bonchev–Trinajstić information content (AvgIpc) is 3.17. The Balaban J connectivity index is 1.39. The predicted molar refractivity (Wildman–Crippen MR) is 192 cm³/mol. The van der Waals surface area contributed by atoms with Gasteiger partial charge in [0.15, 0.2) is 0 Å². The maximum absolute atomic E-state index is 12.8. The van der Waals surface area contributed by atoms with Crippen molar-refractivity contribution in [3.63, 3.8) is 0 Å². The van der Waals surface area contributed by atoms with Crippen LogP contribution in [0.4, 0.5) is 0 Å². The average molecular weight is 679 g/mol. The van der Waals surface area contributed by atoms with E-state index in [2.05, 4.69) is 64.1 Å². The van der Waals surface area contributed by atoms with E-state index in [0.29, 0.717) is 22.8 Å². The molecule has 0 saturated carbocycles. The van der Waals surface area contributed by atoms with Crippen LogP contribution in [0.15, 0.2) is 81.2 Å². The van der Waals surface area contributed by atoms with Gasteiger partial charge in [-0.2, -0.15) is 0 Å². The normalized spacial score (nSPS) is 14.0. The van der Waals surface area contributed by atoms with Crippen LogP contribution in [0.25, 0.3) is 33.1 Å². The molecule has 48 heavy (non-hydrogen) atoms. The fraction of sp³-hybridized carbons (Fsp3) is 0.205. The SMILES string of the molecule is Cc1cc(C)c(OP2OC(=O)c3ccccc3O2)c(-c2cc(C)cc(C)c2Op2oc3c(C)cc(C)cc3c3cc(C)cc(C)c3o2)c1. The van der Waals surface area contributed by atoms with Gasteiger partial charge in [0.25, 0.3) is 0 Å². The van der Waals surface area contributed by atoms with E-state index in [1.54, 1.807) is 18.2 Å². The third-order valence-corrected chi connectivity index (χ3v) is 10.3. The zero-order valence-corrected chi connectivity index (χ0v) is 30.0. The molecule has 9 heteroatoms. The van der Waals surface area contributed by atoms with Gasteiger partial charge in [0, 0.05) is 21.9 Å². The van der Waals surface area contributed by atoms with Crippen LogP contribution >= 0.6 is 16.8 Å². The number of hydrogen-bond acceptors (Lipinski definition) is 7. The Morgan fingerprint density at radius 1 is 0.521 bits per heavy atom. The Kier molecular flexibility index (Phi) is 8.23. The van der Waals surface area contributed by atoms with Crippen LogP contribution in [0.3, 0.4) is 0 Å². The van der Waals surface area contributed by atoms with E-state index in [1.165, 1.54) is 0 Å². The molecule has 0 N–H and O–H groups in total. The van der Waals surface area contributed by atoms with Gasteiger partial charge in [0.05, 0.1) is 0 Å². The first-order valence-electron chi connectivity index (χ1n) is 15.7. The lowest BCUT2D eigenvalue weighted by atomic mass is 9.95. The number of fused-ring (bicyclic) bond motifs is 4. The molecule has 0 fully saturated rings. The van der Waals surface area contributed by atoms with E-state index >= 15 is 0 Å². The van der Waals surface area contributed by atoms with E-state index in [1.807, 2.05) is 45.9 Å². The molecule has 244 valence electrons. The van der Waals surface area contributed by atoms with E-state index in [9.17, 15) is 4.79 Å². The van der Waals surface area contributed by atoms with Crippen molar-refractivity contribution in [2.75, 3.05) is 0 Å². The lowest BCUT2D eigenvalue weighted by Crippen LogP contribution is -2.14. The minimum atomic E-state index is -2.06. The summed E-state index contributed by atoms with van der Waals surface area (Å²) in [5.74, 6) is 1.11. The van der Waals surface area contributed by atoms with Crippen LogP contribution in [0.1, 0.15) is 54.9 Å². The standard InChI is InChI=1S/C39H36O7P2/c1-21-13-25(5)35(42-47-41-34-12-10-9-11-29(34)39(40)46-47)30(17-21)31-18-22(2)14-26(6)36(31)43-48-44-37-27(7)15-23(3)19-32(37)33-20-24(4)16-28(8)38(33)45-48/h9-20H,1-8H3. The first-order chi connectivity index (χ1) is 22.9. The molecule has 0 aliphatic carbocycles. The van der Waals surface area contributed by atoms with Gasteiger partial charge in [-0.15, -0.1) is 0 Å². The van der Waals surface area contributed by atoms with Crippen molar-refractivity contribution >= 4 is 44.8 Å². The van der Waals surface area contributed by atoms with Crippen LogP contribution < -0.4 is 13.6 Å². The molecular formula is C39H36O7P2. The zero-order valence-electron chi connectivity index (χ0n) is 28.2. The number of para-hydroxylation sites is 1. The largest absolute Gasteiger partial charge is 0.532 e. The summed E-state index contributed by atoms with van der Waals surface area (Å²) in [6.07, 6.45) is 0. The van der Waals surface area contributed by atoms with Crippen molar-refractivity contribution in [1.82, 2.24) is 0 Å². The minimum absolute atomic E-state index is 0.371. The molecule has 7 rings (SSSR count). The van der Waals surface area contributed by atoms with Crippen molar-refractivity contribution in [2.45, 2.75) is 55.4 Å². The van der Waals surface area contributed by atoms with Gasteiger partial charge >= 0.3 is 22.8 Å². The van der Waals surface area contributed by atoms with Crippen molar-refractivity contribution < 1.29 is 31.3 Å². The van der Waals surface area contributed by atoms with Crippen molar-refractivity contribution in [2.24, 2.45) is 0 Å². The van der Waals surface area contributed by atoms with E-state index in [0.717, 1.165) is 77.6 Å². The van der Waals surface area contributed by atoms with Crippen molar-refractivity contribution in [3.05, 3.63) is 123 Å². The summed E-state index contributed by atoms with van der Waals surface area (Å²) in [6, 6.07) is 23.7. The van der Waals surface area contributed by atoms with Crippen LogP contribution in [-0.4, -0.2) is 5.97 Å². The maximum Gasteiger partial charge on any atom is 0.532 e. The first-order valence-corrected chi connectivity index (χ1v) is 17.9. The first kappa shape index (κ1) is 31.9. The summed E-state index contributed by atoms with van der Waals surface area (Å²) in [5.41, 5.74) is 11.6. The summed E-state index contributed by atoms with van der Waals surface area (Å²) < 4.78 is 38.2. The second kappa shape index (κ2) is 12.4. The number of benzene rings is 5. The van der Waals surface area contributed by atoms with Crippen LogP contribution in [0.5, 0.6) is 17.2 Å². The highest BCUT2D eigenvalue weighted by atomic mass is 31.2. The Morgan fingerprint density at radius 2 is 1.00 bits per heavy atom. The fourth-order valence-electron chi connectivity index (χ4n) is 6.42. The fourth-order valence-corrected chi connectivity index (χ4v) is 8.77. The second-order valence-corrected chi connectivity index (χ2v) is 14.6. The van der Waals surface area contributed by atoms with Gasteiger partial charge in [-0.05, 0) is 136 Å². The van der Waals surface area contributed by atoms with E-state index in [-0.39, 0.29) is 0 Å². The van der Waals surface area contributed by atoms with Gasteiger partial charge in [-0.1, -0.05) is 36.4 Å². The summed E-state index contributed by atoms with van der Waals surface area (Å²) in [4.78, 5) is 12.8. The van der Waals surface area contributed by atoms with Gasteiger partial charge in [-0.25, -0.2) is 4.79 Å². The summed E-state index contributed by atoms with van der Waals surface area (Å²) in [5, 5.41) is 1.97. The Labute approximate surface area is 282 Å². The summed E-state index contributed by atoms with van der Waals surface area (Å²) in [7, 11) is -4.00. The maximum atomic E-state index is 12.8. The second-order valence-electron chi connectivity index (χ2n) is 12.6. The quantitative estimate of drug-likeness (QED) is 0.168. The lowest BCUT2D eigenvalue weighted by Gasteiger charge is -2.25. The third kappa shape index (κ3) is 5.94. The van der Waals surface area contributed by atoms with Crippen LogP contribution in [0.2, 0.25) is 0 Å². The molecule has 0 amide bonds. The molecule has 1 atom stereocenters. The minimum Gasteiger partial charge on any atom is -0.408 e. The molecule has 6 aromatic rings. The molecule has 1 aromatic heterocycles. The molecule has 0 radical (unpaired) electrons. The molecule has 0 bridgehead atoms. The smallest absolute Gasteiger partial charge is 0.408 e. The zero-order chi connectivity index (χ0) is 33.9. The highest BCUT2D eigenvalue weighted by molar-refractivity contribution is 7.43. The highest BCUT2D eigenvalue weighted by Crippen LogP contribution is 2.52. The summed E-state index contributed by atoms with van der Waals surface area (Å²) in [6.45, 7) is 16.3. The van der Waals surface area contributed by atoms with Crippen molar-refractivity contribution in [1.29, 1.82) is 0 Å². The number of aryl methyl sites for hydroxylation is 8. The van der Waals surface area contributed by atoms with Gasteiger partial charge in [-0.3, -0.25) is 0 Å². The van der Waals surface area contributed by atoms with Crippen LogP contribution in [0, 0.1) is 55.4 Å². The third-order valence-electron chi connectivity index (χ3n) is 8.36. The van der Waals surface area contributed by atoms with E-state index < -0.39 is 22.8 Å². The van der Waals surface area contributed by atoms with Crippen molar-refractivity contribution in [3.8, 4) is 28.4 Å². The number of rotatable bonds is 5. The molecular weight excluding hydrogens is 642 g/mol. The lowest BCUT2D eigenvalue weighted by molar-refractivity contribution is 0.0697. The Morgan fingerprint density at radius 3 is 1.56 bits per heavy atom.